The molecule has 0 amide bonds. The predicted molar refractivity (Wildman–Crippen MR) is 75.3 cm³/mol. The second-order valence-electron chi connectivity index (χ2n) is 3.92. The van der Waals surface area contributed by atoms with Gasteiger partial charge in [-0.25, -0.2) is 0 Å². The molecule has 86 valence electrons. The molecule has 18 heavy (non-hydrogen) atoms. The van der Waals surface area contributed by atoms with Crippen molar-refractivity contribution in [3.63, 3.8) is 0 Å². The quantitative estimate of drug-likeness (QED) is 0.806. The average molecular weight is 266 g/mol. The van der Waals surface area contributed by atoms with Gasteiger partial charge >= 0.3 is 35.5 Å². The first-order chi connectivity index (χ1) is 8.27. The maximum atomic E-state index is 11.3. The molecule has 0 spiro atoms. The summed E-state index contributed by atoms with van der Waals surface area (Å²) in [7, 11) is 0. The molecule has 0 bridgehead atoms. The number of hydrogen-bond donors (Lipinski definition) is 1. The van der Waals surface area contributed by atoms with Gasteiger partial charge in [0.1, 0.15) is 5.25 Å². The Hall–Kier alpha value is -0.740. The maximum absolute atomic E-state index is 11.3. The molecular weight excluding hydrogens is 255 g/mol. The topological polar surface area (TPSA) is 37.3 Å². The second kappa shape index (κ2) is 5.49. The molecule has 0 saturated heterocycles. The van der Waals surface area contributed by atoms with Crippen LogP contribution in [-0.2, 0) is 4.79 Å². The zero-order valence-electron chi connectivity index (χ0n) is 8.96. The molecule has 1 N–H and O–H groups in total. The van der Waals surface area contributed by atoms with Crippen LogP contribution in [0, 0.1) is 0 Å². The first-order valence-corrected chi connectivity index (χ1v) is 6.23. The van der Waals surface area contributed by atoms with Crippen molar-refractivity contribution in [1.82, 2.24) is 0 Å². The summed E-state index contributed by atoms with van der Waals surface area (Å²) >= 11 is 1.41. The molecule has 1 unspecified atom stereocenters. The third-order valence-electron chi connectivity index (χ3n) is 2.89. The van der Waals surface area contributed by atoms with Crippen LogP contribution in [0.5, 0.6) is 0 Å². The monoisotopic (exact) mass is 266 g/mol. The van der Waals surface area contributed by atoms with Crippen molar-refractivity contribution in [1.29, 1.82) is 0 Å². The van der Waals surface area contributed by atoms with E-state index in [0.717, 1.165) is 21.6 Å². The van der Waals surface area contributed by atoms with Crippen molar-refractivity contribution in [2.75, 3.05) is 0 Å². The summed E-state index contributed by atoms with van der Waals surface area (Å²) in [5, 5.41) is 8.79. The Labute approximate surface area is 132 Å². The Morgan fingerprint density at radius 1 is 1.00 bits per heavy atom. The number of carboxylic acids is 1. The molecule has 3 rings (SSSR count). The van der Waals surface area contributed by atoms with E-state index >= 15 is 0 Å². The van der Waals surface area contributed by atoms with Gasteiger partial charge in [-0.2, -0.15) is 0 Å². The number of rotatable bonds is 1. The van der Waals surface area contributed by atoms with E-state index in [-0.39, 0.29) is 29.6 Å². The van der Waals surface area contributed by atoms with Gasteiger partial charge in [0.15, 0.2) is 0 Å². The van der Waals surface area contributed by atoms with E-state index < -0.39 is 11.2 Å². The van der Waals surface area contributed by atoms with Crippen molar-refractivity contribution in [2.45, 2.75) is 10.1 Å². The SMILES string of the molecule is O=C(O)C1Sc2ccccc2-c2ccccc21.[NaH]. The summed E-state index contributed by atoms with van der Waals surface area (Å²) in [6.45, 7) is 0. The zero-order chi connectivity index (χ0) is 11.8. The molecule has 0 aliphatic carbocycles. The van der Waals surface area contributed by atoms with Gasteiger partial charge in [0, 0.05) is 4.90 Å². The number of hydrogen-bond acceptors (Lipinski definition) is 2. The fourth-order valence-corrected chi connectivity index (χ4v) is 3.29. The first kappa shape index (κ1) is 13.7. The third kappa shape index (κ3) is 2.24. The van der Waals surface area contributed by atoms with Crippen LogP contribution in [-0.4, -0.2) is 40.6 Å². The van der Waals surface area contributed by atoms with E-state index in [4.69, 9.17) is 0 Å². The first-order valence-electron chi connectivity index (χ1n) is 5.35. The van der Waals surface area contributed by atoms with Gasteiger partial charge < -0.3 is 5.11 Å². The van der Waals surface area contributed by atoms with Crippen LogP contribution in [0.3, 0.4) is 0 Å². The van der Waals surface area contributed by atoms with Crippen molar-refractivity contribution in [3.05, 3.63) is 54.1 Å². The molecule has 0 saturated carbocycles. The Balaban J connectivity index is 0.00000120. The van der Waals surface area contributed by atoms with Gasteiger partial charge in [-0.3, -0.25) is 4.79 Å². The van der Waals surface area contributed by atoms with Crippen molar-refractivity contribution in [2.24, 2.45) is 0 Å². The number of carbonyl (C=O) groups is 1. The van der Waals surface area contributed by atoms with Crippen LogP contribution in [0.15, 0.2) is 53.4 Å². The molecule has 2 aromatic rings. The van der Waals surface area contributed by atoms with Crippen LogP contribution in [0.1, 0.15) is 10.8 Å². The minimum absolute atomic E-state index is 0. The number of benzene rings is 2. The number of aliphatic carboxylic acids is 1. The van der Waals surface area contributed by atoms with E-state index in [0.29, 0.717) is 0 Å². The van der Waals surface area contributed by atoms with Crippen molar-refractivity contribution >= 4 is 47.3 Å². The summed E-state index contributed by atoms with van der Waals surface area (Å²) in [6, 6.07) is 15.7. The zero-order valence-corrected chi connectivity index (χ0v) is 9.78. The standard InChI is InChI=1S/C14H10O2S.Na.H/c15-14(16)13-11-7-2-1-5-9(11)10-6-3-4-8-12(10)17-13;;/h1-8,13H,(H,15,16);;. The summed E-state index contributed by atoms with van der Waals surface area (Å²) in [4.78, 5) is 12.3. The molecule has 0 aromatic heterocycles. The van der Waals surface area contributed by atoms with Gasteiger partial charge in [-0.15, -0.1) is 11.8 Å². The fourth-order valence-electron chi connectivity index (χ4n) is 2.14. The van der Waals surface area contributed by atoms with Crippen LogP contribution < -0.4 is 0 Å². The minimum atomic E-state index is -0.781. The third-order valence-corrected chi connectivity index (χ3v) is 4.19. The van der Waals surface area contributed by atoms with Gasteiger partial charge in [-0.1, -0.05) is 42.5 Å². The molecule has 2 nitrogen and oxygen atoms in total. The van der Waals surface area contributed by atoms with E-state index in [1.807, 2.05) is 48.5 Å². The van der Waals surface area contributed by atoms with Crippen LogP contribution in [0.25, 0.3) is 11.1 Å². The summed E-state index contributed by atoms with van der Waals surface area (Å²) in [5.74, 6) is -0.781. The van der Waals surface area contributed by atoms with Crippen LogP contribution in [0.2, 0.25) is 0 Å². The normalized spacial score (nSPS) is 16.1. The van der Waals surface area contributed by atoms with E-state index in [1.54, 1.807) is 0 Å². The molecular formula is C14H11NaO2S. The fraction of sp³-hybridized carbons (Fsp3) is 0.0714. The van der Waals surface area contributed by atoms with E-state index in [2.05, 4.69) is 0 Å². The summed E-state index contributed by atoms with van der Waals surface area (Å²) in [5.41, 5.74) is 3.06. The number of fused-ring (bicyclic) bond motifs is 3. The summed E-state index contributed by atoms with van der Waals surface area (Å²) < 4.78 is 0. The molecule has 1 aliphatic heterocycles. The average Bonchev–Trinajstić information content (AvgIpc) is 2.37. The second-order valence-corrected chi connectivity index (χ2v) is 5.07. The Morgan fingerprint density at radius 2 is 1.61 bits per heavy atom. The Kier molecular flexibility index (Phi) is 4.17. The van der Waals surface area contributed by atoms with E-state index in [1.165, 1.54) is 11.8 Å². The van der Waals surface area contributed by atoms with Crippen LogP contribution >= 0.6 is 11.8 Å². The number of thioether (sulfide) groups is 1. The molecule has 4 heteroatoms. The molecule has 2 aromatic carbocycles. The molecule has 1 heterocycles. The van der Waals surface area contributed by atoms with Crippen LogP contribution in [0.4, 0.5) is 0 Å². The van der Waals surface area contributed by atoms with E-state index in [9.17, 15) is 9.90 Å². The van der Waals surface area contributed by atoms with Gasteiger partial charge in [0.25, 0.3) is 0 Å². The van der Waals surface area contributed by atoms with Gasteiger partial charge in [0.2, 0.25) is 0 Å². The summed E-state index contributed by atoms with van der Waals surface area (Å²) in [6.07, 6.45) is 0. The van der Waals surface area contributed by atoms with Gasteiger partial charge in [0.05, 0.1) is 0 Å². The predicted octanol–water partition coefficient (Wildman–Crippen LogP) is 2.94. The molecule has 0 fully saturated rings. The molecule has 1 aliphatic rings. The Morgan fingerprint density at radius 3 is 2.33 bits per heavy atom. The molecule has 1 atom stereocenters. The Bertz CT molecular complexity index is 598. The van der Waals surface area contributed by atoms with Crippen molar-refractivity contribution < 1.29 is 9.90 Å². The number of carboxylic acid groups (broad SMARTS) is 1. The van der Waals surface area contributed by atoms with Gasteiger partial charge in [-0.05, 0) is 22.8 Å². The van der Waals surface area contributed by atoms with Crippen molar-refractivity contribution in [3.8, 4) is 11.1 Å². The molecule has 0 radical (unpaired) electrons.